The van der Waals surface area contributed by atoms with Crippen LogP contribution in [0.5, 0.6) is 0 Å². The van der Waals surface area contributed by atoms with Gasteiger partial charge in [0.1, 0.15) is 6.04 Å². The number of halogens is 1. The fourth-order valence-electron chi connectivity index (χ4n) is 2.26. The van der Waals surface area contributed by atoms with Crippen LogP contribution in [-0.4, -0.2) is 42.6 Å². The third-order valence-corrected chi connectivity index (χ3v) is 6.89. The van der Waals surface area contributed by atoms with Crippen molar-refractivity contribution in [3.8, 4) is 0 Å². The van der Waals surface area contributed by atoms with E-state index in [1.165, 1.54) is 36.1 Å². The molecule has 0 unspecified atom stereocenters. The van der Waals surface area contributed by atoms with Crippen molar-refractivity contribution in [3.63, 3.8) is 0 Å². The van der Waals surface area contributed by atoms with Gasteiger partial charge in [-0.15, -0.1) is 16.8 Å². The first-order chi connectivity index (χ1) is 12.6. The molecule has 0 bridgehead atoms. The van der Waals surface area contributed by atoms with E-state index in [9.17, 15) is 13.2 Å². The summed E-state index contributed by atoms with van der Waals surface area (Å²) < 4.78 is 26.5. The van der Waals surface area contributed by atoms with Gasteiger partial charge in [0.15, 0.2) is 4.34 Å². The van der Waals surface area contributed by atoms with E-state index in [2.05, 4.69) is 22.1 Å². The van der Waals surface area contributed by atoms with Crippen LogP contribution < -0.4 is 9.62 Å². The van der Waals surface area contributed by atoms with Gasteiger partial charge in [0.2, 0.25) is 21.1 Å². The molecule has 1 aromatic carbocycles. The van der Waals surface area contributed by atoms with E-state index in [0.29, 0.717) is 31.5 Å². The molecule has 0 spiro atoms. The van der Waals surface area contributed by atoms with Crippen molar-refractivity contribution in [1.29, 1.82) is 0 Å². The van der Waals surface area contributed by atoms with Gasteiger partial charge in [-0.3, -0.25) is 14.4 Å². The topological polar surface area (TPSA) is 92.3 Å². The highest BCUT2D eigenvalue weighted by Crippen LogP contribution is 2.29. The molecule has 1 atom stereocenters. The number of hydrogen-bond donors (Lipinski definition) is 1. The highest BCUT2D eigenvalue weighted by atomic mass is 35.5. The summed E-state index contributed by atoms with van der Waals surface area (Å²) >= 11 is 8.67. The van der Waals surface area contributed by atoms with Crippen molar-refractivity contribution in [1.82, 2.24) is 10.2 Å². The molecule has 1 amide bonds. The van der Waals surface area contributed by atoms with Gasteiger partial charge in [0, 0.05) is 10.8 Å². The minimum atomic E-state index is -3.73. The number of sulfonamides is 1. The Kier molecular flexibility index (Phi) is 7.26. The van der Waals surface area contributed by atoms with E-state index in [-0.39, 0.29) is 0 Å². The molecule has 0 fully saturated rings. The molecule has 0 aliphatic carbocycles. The van der Waals surface area contributed by atoms with Crippen LogP contribution in [0.4, 0.5) is 10.8 Å². The second-order valence-electron chi connectivity index (χ2n) is 5.63. The lowest BCUT2D eigenvalue weighted by Crippen LogP contribution is -2.45. The van der Waals surface area contributed by atoms with Crippen molar-refractivity contribution < 1.29 is 13.2 Å². The molecule has 1 heterocycles. The van der Waals surface area contributed by atoms with E-state index in [1.54, 1.807) is 25.1 Å². The Morgan fingerprint density at radius 3 is 2.81 bits per heavy atom. The first-order valence-corrected chi connectivity index (χ1v) is 11.8. The monoisotopic (exact) mass is 446 g/mol. The molecule has 0 saturated carbocycles. The number of benzene rings is 1. The molecule has 0 aliphatic heterocycles. The zero-order valence-corrected chi connectivity index (χ0v) is 18.2. The lowest BCUT2D eigenvalue weighted by atomic mass is 10.2. The van der Waals surface area contributed by atoms with E-state index < -0.39 is 22.0 Å². The first-order valence-electron chi connectivity index (χ1n) is 7.77. The number of aromatic nitrogens is 2. The van der Waals surface area contributed by atoms with Crippen molar-refractivity contribution in [2.45, 2.75) is 24.2 Å². The minimum absolute atomic E-state index is 0.301. The predicted molar refractivity (Wildman–Crippen MR) is 112 cm³/mol. The molecule has 11 heteroatoms. The molecule has 2 aromatic rings. The molecule has 0 radical (unpaired) electrons. The van der Waals surface area contributed by atoms with Crippen LogP contribution in [0.3, 0.4) is 0 Å². The second-order valence-corrected chi connectivity index (χ2v) is 10.2. The smallest absolute Gasteiger partial charge is 0.249 e. The molecule has 1 aromatic heterocycles. The molecule has 2 rings (SSSR count). The number of anilines is 2. The molecule has 7 nitrogen and oxygen atoms in total. The van der Waals surface area contributed by atoms with E-state index in [0.717, 1.165) is 10.6 Å². The highest BCUT2D eigenvalue weighted by molar-refractivity contribution is 8.01. The lowest BCUT2D eigenvalue weighted by molar-refractivity contribution is -0.116. The maximum Gasteiger partial charge on any atom is 0.249 e. The van der Waals surface area contributed by atoms with Gasteiger partial charge in [-0.05, 0) is 31.5 Å². The number of carbonyl (C=O) groups is 1. The lowest BCUT2D eigenvalue weighted by Gasteiger charge is -2.29. The van der Waals surface area contributed by atoms with Gasteiger partial charge in [0.25, 0.3) is 0 Å². The van der Waals surface area contributed by atoms with E-state index >= 15 is 0 Å². The van der Waals surface area contributed by atoms with Crippen LogP contribution >= 0.6 is 34.7 Å². The van der Waals surface area contributed by atoms with Crippen LogP contribution in [0.25, 0.3) is 0 Å². The summed E-state index contributed by atoms with van der Waals surface area (Å²) in [6.07, 6.45) is 2.79. The SMILES string of the molecule is C=CCSc1nnc(NC(=O)[C@H](C)N(c2cc(Cl)ccc2C)S(C)(=O)=O)s1. The first kappa shape index (κ1) is 21.7. The molecule has 0 aliphatic rings. The van der Waals surface area contributed by atoms with Crippen LogP contribution in [0, 0.1) is 6.92 Å². The number of amides is 1. The Morgan fingerprint density at radius 2 is 2.19 bits per heavy atom. The zero-order valence-electron chi connectivity index (χ0n) is 15.0. The number of rotatable bonds is 8. The third-order valence-electron chi connectivity index (χ3n) is 3.46. The van der Waals surface area contributed by atoms with Gasteiger partial charge >= 0.3 is 0 Å². The molecule has 1 N–H and O–H groups in total. The summed E-state index contributed by atoms with van der Waals surface area (Å²) in [5.41, 5.74) is 1.04. The van der Waals surface area contributed by atoms with Crippen molar-refractivity contribution in [2.75, 3.05) is 21.6 Å². The van der Waals surface area contributed by atoms with Crippen molar-refractivity contribution in [3.05, 3.63) is 41.4 Å². The average Bonchev–Trinajstić information content (AvgIpc) is 3.02. The summed E-state index contributed by atoms with van der Waals surface area (Å²) in [5, 5.41) is 11.2. The summed E-state index contributed by atoms with van der Waals surface area (Å²) in [6.45, 7) is 6.89. The Hall–Kier alpha value is -1.62. The number of nitrogens with one attached hydrogen (secondary N) is 1. The standard InChI is InChI=1S/C16H19ClN4O3S3/c1-5-8-25-16-20-19-15(26-16)18-14(22)11(3)21(27(4,23)24)13-9-12(17)7-6-10(13)2/h5-7,9,11H,1,8H2,2-4H3,(H,18,19,22)/t11-/m0/s1. The Morgan fingerprint density at radius 1 is 1.48 bits per heavy atom. The summed E-state index contributed by atoms with van der Waals surface area (Å²) in [7, 11) is -3.73. The predicted octanol–water partition coefficient (Wildman–Crippen LogP) is 3.57. The molecule has 146 valence electrons. The average molecular weight is 447 g/mol. The molecule has 27 heavy (non-hydrogen) atoms. The quantitative estimate of drug-likeness (QED) is 0.378. The second kappa shape index (κ2) is 9.05. The van der Waals surface area contributed by atoms with Crippen molar-refractivity contribution in [2.24, 2.45) is 0 Å². The van der Waals surface area contributed by atoms with Gasteiger partial charge < -0.3 is 0 Å². The minimum Gasteiger partial charge on any atom is -0.299 e. The largest absolute Gasteiger partial charge is 0.299 e. The maximum atomic E-state index is 12.7. The molecule has 0 saturated heterocycles. The number of nitrogens with zero attached hydrogens (tertiary/aromatic N) is 3. The van der Waals surface area contributed by atoms with Crippen LogP contribution in [-0.2, 0) is 14.8 Å². The number of hydrogen-bond acceptors (Lipinski definition) is 7. The highest BCUT2D eigenvalue weighted by Gasteiger charge is 2.30. The van der Waals surface area contributed by atoms with Gasteiger partial charge in [0.05, 0.1) is 11.9 Å². The fourth-order valence-corrected chi connectivity index (χ4v) is 5.17. The Labute approximate surface area is 171 Å². The van der Waals surface area contributed by atoms with Crippen LogP contribution in [0.2, 0.25) is 5.02 Å². The Bertz CT molecular complexity index is 946. The molecular weight excluding hydrogens is 428 g/mol. The summed E-state index contributed by atoms with van der Waals surface area (Å²) in [4.78, 5) is 12.7. The van der Waals surface area contributed by atoms with Crippen LogP contribution in [0.15, 0.2) is 35.2 Å². The van der Waals surface area contributed by atoms with Gasteiger partial charge in [-0.1, -0.05) is 46.8 Å². The third kappa shape index (κ3) is 5.68. The van der Waals surface area contributed by atoms with Crippen LogP contribution in [0.1, 0.15) is 12.5 Å². The van der Waals surface area contributed by atoms with Gasteiger partial charge in [-0.25, -0.2) is 8.42 Å². The van der Waals surface area contributed by atoms with E-state index in [4.69, 9.17) is 11.6 Å². The van der Waals surface area contributed by atoms with Crippen molar-refractivity contribution >= 4 is 61.4 Å². The number of aryl methyl sites for hydroxylation is 1. The zero-order chi connectivity index (χ0) is 20.2. The normalized spacial score (nSPS) is 12.4. The summed E-state index contributed by atoms with van der Waals surface area (Å²) in [5.74, 6) is 0.158. The maximum absolute atomic E-state index is 12.7. The fraction of sp³-hybridized carbons (Fsp3) is 0.312. The van der Waals surface area contributed by atoms with Gasteiger partial charge in [-0.2, -0.15) is 0 Å². The number of thioether (sulfide) groups is 1. The number of carbonyl (C=O) groups excluding carboxylic acids is 1. The van der Waals surface area contributed by atoms with E-state index in [1.807, 2.05) is 0 Å². The summed E-state index contributed by atoms with van der Waals surface area (Å²) in [6, 6.07) is 3.88. The Balaban J connectivity index is 2.26. The molecular formula is C16H19ClN4O3S3.